The number of nitrogens with zero attached hydrogens (tertiary/aromatic N) is 1. The molecule has 1 saturated heterocycles. The lowest BCUT2D eigenvalue weighted by atomic mass is 10.1. The van der Waals surface area contributed by atoms with Gasteiger partial charge in [-0.1, -0.05) is 0 Å². The van der Waals surface area contributed by atoms with E-state index in [9.17, 15) is 29.7 Å². The summed E-state index contributed by atoms with van der Waals surface area (Å²) in [5.41, 5.74) is 0.483. The quantitative estimate of drug-likeness (QED) is 0.152. The molecule has 3 unspecified atom stereocenters. The number of nitrogens with one attached hydrogen (secondary N) is 2. The SMILES string of the molecule is O=C(NCC(O)CO)c1c(I)c(C(=O)NCC(O)CO)c(I)c(N2CCC(O)C2=O)c1I. The van der Waals surface area contributed by atoms with Crippen LogP contribution in [0.15, 0.2) is 0 Å². The number of carbonyl (C=O) groups excluding carboxylic acids is 3. The number of rotatable bonds is 9. The van der Waals surface area contributed by atoms with Gasteiger partial charge in [-0.3, -0.25) is 14.4 Å². The molecule has 1 aliphatic heterocycles. The van der Waals surface area contributed by atoms with E-state index in [2.05, 4.69) is 10.6 Å². The Morgan fingerprint density at radius 3 is 1.72 bits per heavy atom. The van der Waals surface area contributed by atoms with Crippen LogP contribution >= 0.6 is 67.8 Å². The number of benzene rings is 1. The molecule has 178 valence electrons. The van der Waals surface area contributed by atoms with Crippen molar-refractivity contribution in [3.63, 3.8) is 0 Å². The second kappa shape index (κ2) is 12.4. The minimum absolute atomic E-state index is 0.0915. The number of hydrogen-bond acceptors (Lipinski definition) is 8. The van der Waals surface area contributed by atoms with Crippen molar-refractivity contribution in [2.24, 2.45) is 0 Å². The number of halogens is 3. The van der Waals surface area contributed by atoms with Gasteiger partial charge in [0.15, 0.2) is 0 Å². The van der Waals surface area contributed by atoms with E-state index in [1.54, 1.807) is 0 Å². The summed E-state index contributed by atoms with van der Waals surface area (Å²) in [7, 11) is 0. The predicted octanol–water partition coefficient (Wildman–Crippen LogP) is -1.24. The molecule has 0 spiro atoms. The molecule has 32 heavy (non-hydrogen) atoms. The highest BCUT2D eigenvalue weighted by molar-refractivity contribution is 14.1. The molecule has 0 saturated carbocycles. The normalized spacial score (nSPS) is 17.9. The zero-order valence-electron chi connectivity index (χ0n) is 16.5. The second-order valence-corrected chi connectivity index (χ2v) is 10.2. The van der Waals surface area contributed by atoms with Gasteiger partial charge in [0.1, 0.15) is 6.10 Å². The van der Waals surface area contributed by atoms with E-state index >= 15 is 0 Å². The summed E-state index contributed by atoms with van der Waals surface area (Å²) >= 11 is 5.63. The van der Waals surface area contributed by atoms with Crippen LogP contribution in [0.25, 0.3) is 0 Å². The Balaban J connectivity index is 2.59. The lowest BCUT2D eigenvalue weighted by Crippen LogP contribution is -2.38. The van der Waals surface area contributed by atoms with Crippen LogP contribution in [0.4, 0.5) is 5.69 Å². The largest absolute Gasteiger partial charge is 0.394 e. The first-order valence-electron chi connectivity index (χ1n) is 9.39. The maximum Gasteiger partial charge on any atom is 0.255 e. The highest BCUT2D eigenvalue weighted by atomic mass is 127. The van der Waals surface area contributed by atoms with E-state index < -0.39 is 49.2 Å². The molecule has 0 bridgehead atoms. The third-order valence-electron chi connectivity index (χ3n) is 4.61. The number of aliphatic hydroxyl groups excluding tert-OH is 5. The van der Waals surface area contributed by atoms with Gasteiger partial charge in [0, 0.05) is 29.6 Å². The summed E-state index contributed by atoms with van der Waals surface area (Å²) in [6.45, 7) is -1.36. The Bertz CT molecular complexity index is 848. The van der Waals surface area contributed by atoms with Gasteiger partial charge in [0.2, 0.25) is 0 Å². The van der Waals surface area contributed by atoms with E-state index in [1.807, 2.05) is 67.8 Å². The molecule has 1 aliphatic rings. The Morgan fingerprint density at radius 1 is 0.938 bits per heavy atom. The van der Waals surface area contributed by atoms with Crippen LogP contribution in [0.1, 0.15) is 27.1 Å². The first-order chi connectivity index (χ1) is 15.0. The summed E-state index contributed by atoms with van der Waals surface area (Å²) in [5, 5.41) is 52.0. The number of hydrogen-bond donors (Lipinski definition) is 7. The van der Waals surface area contributed by atoms with Crippen LogP contribution in [-0.2, 0) is 4.79 Å². The summed E-state index contributed by atoms with van der Waals surface area (Å²) in [4.78, 5) is 39.7. The molecule has 1 aromatic rings. The van der Waals surface area contributed by atoms with Gasteiger partial charge in [0.05, 0.1) is 49.4 Å². The third-order valence-corrected chi connectivity index (χ3v) is 7.79. The molecule has 3 atom stereocenters. The van der Waals surface area contributed by atoms with Gasteiger partial charge < -0.3 is 41.1 Å². The smallest absolute Gasteiger partial charge is 0.255 e. The fourth-order valence-electron chi connectivity index (χ4n) is 2.90. The van der Waals surface area contributed by atoms with Crippen LogP contribution in [0, 0.1) is 10.7 Å². The first-order valence-corrected chi connectivity index (χ1v) is 12.6. The highest BCUT2D eigenvalue weighted by Crippen LogP contribution is 2.39. The second-order valence-electron chi connectivity index (χ2n) is 6.93. The molecule has 7 N–H and O–H groups in total. The lowest BCUT2D eigenvalue weighted by Gasteiger charge is -2.25. The van der Waals surface area contributed by atoms with Crippen LogP contribution in [0.5, 0.6) is 0 Å². The number of carbonyl (C=O) groups is 3. The lowest BCUT2D eigenvalue weighted by molar-refractivity contribution is -0.124. The Labute approximate surface area is 224 Å². The summed E-state index contributed by atoms with van der Waals surface area (Å²) < 4.78 is 1.03. The standard InChI is InChI=1S/C18H22I3N3O8/c19-12-10(16(30)22-3-7(27)5-25)13(20)15(24-2-1-9(29)18(24)32)14(21)11(12)17(31)23-4-8(28)6-26/h7-9,25-29H,1-6H2,(H,22,30)(H,23,31). The van der Waals surface area contributed by atoms with Gasteiger partial charge in [-0.05, 0) is 67.8 Å². The van der Waals surface area contributed by atoms with E-state index in [4.69, 9.17) is 10.2 Å². The van der Waals surface area contributed by atoms with Gasteiger partial charge in [-0.25, -0.2) is 0 Å². The Morgan fingerprint density at radius 2 is 1.38 bits per heavy atom. The number of aliphatic hydroxyl groups is 5. The summed E-state index contributed by atoms with van der Waals surface area (Å²) in [6.07, 6.45) is -3.33. The van der Waals surface area contributed by atoms with Crippen molar-refractivity contribution in [1.82, 2.24) is 10.6 Å². The fourth-order valence-corrected chi connectivity index (χ4v) is 7.63. The average Bonchev–Trinajstić information content (AvgIpc) is 3.08. The maximum atomic E-state index is 12.9. The van der Waals surface area contributed by atoms with Crippen molar-refractivity contribution in [3.8, 4) is 0 Å². The fraction of sp³-hybridized carbons (Fsp3) is 0.500. The van der Waals surface area contributed by atoms with Gasteiger partial charge in [0.25, 0.3) is 17.7 Å². The van der Waals surface area contributed by atoms with E-state index in [0.29, 0.717) is 12.8 Å². The van der Waals surface area contributed by atoms with Crippen molar-refractivity contribution in [1.29, 1.82) is 0 Å². The molecule has 1 aromatic carbocycles. The molecule has 2 rings (SSSR count). The zero-order chi connectivity index (χ0) is 24.2. The van der Waals surface area contributed by atoms with Crippen LogP contribution in [0.3, 0.4) is 0 Å². The minimum Gasteiger partial charge on any atom is -0.394 e. The molecule has 0 radical (unpaired) electrons. The van der Waals surface area contributed by atoms with E-state index in [0.717, 1.165) is 0 Å². The van der Waals surface area contributed by atoms with E-state index in [-0.39, 0.29) is 40.8 Å². The Kier molecular flexibility index (Phi) is 10.8. The highest BCUT2D eigenvalue weighted by Gasteiger charge is 2.37. The average molecular weight is 789 g/mol. The van der Waals surface area contributed by atoms with Crippen molar-refractivity contribution in [3.05, 3.63) is 21.8 Å². The third kappa shape index (κ3) is 6.19. The predicted molar refractivity (Wildman–Crippen MR) is 138 cm³/mol. The van der Waals surface area contributed by atoms with Gasteiger partial charge in [-0.15, -0.1) is 0 Å². The van der Waals surface area contributed by atoms with Crippen molar-refractivity contribution < 1.29 is 39.9 Å². The Hall–Kier alpha value is -0.380. The van der Waals surface area contributed by atoms with Crippen molar-refractivity contribution in [2.45, 2.75) is 24.7 Å². The van der Waals surface area contributed by atoms with Crippen LogP contribution in [-0.4, -0.2) is 94.4 Å². The summed E-state index contributed by atoms with van der Waals surface area (Å²) in [6, 6.07) is 0. The monoisotopic (exact) mass is 789 g/mol. The maximum absolute atomic E-state index is 12.9. The molecular weight excluding hydrogens is 767 g/mol. The first kappa shape index (κ1) is 27.9. The molecule has 1 fully saturated rings. The van der Waals surface area contributed by atoms with Crippen LogP contribution in [0.2, 0.25) is 0 Å². The van der Waals surface area contributed by atoms with Crippen molar-refractivity contribution >= 4 is 91.2 Å². The van der Waals surface area contributed by atoms with E-state index in [1.165, 1.54) is 4.90 Å². The van der Waals surface area contributed by atoms with Crippen molar-refractivity contribution in [2.75, 3.05) is 37.7 Å². The summed E-state index contributed by atoms with van der Waals surface area (Å²) in [5.74, 6) is -1.80. The zero-order valence-corrected chi connectivity index (χ0v) is 23.0. The van der Waals surface area contributed by atoms with Crippen LogP contribution < -0.4 is 15.5 Å². The number of amides is 3. The molecule has 14 heteroatoms. The minimum atomic E-state index is -1.19. The molecule has 0 aliphatic carbocycles. The number of anilines is 1. The molecule has 11 nitrogen and oxygen atoms in total. The molecule has 3 amide bonds. The molecule has 0 aromatic heterocycles. The van der Waals surface area contributed by atoms with Gasteiger partial charge >= 0.3 is 0 Å². The topological polar surface area (TPSA) is 180 Å². The molecule has 1 heterocycles. The molecular formula is C18H22I3N3O8. The van der Waals surface area contributed by atoms with Gasteiger partial charge in [-0.2, -0.15) is 0 Å².